The minimum absolute atomic E-state index is 0.127. The summed E-state index contributed by atoms with van der Waals surface area (Å²) in [5.74, 6) is -0.0857. The summed E-state index contributed by atoms with van der Waals surface area (Å²) in [6.07, 6.45) is 4.39. The SMILES string of the molecule is CCCC(CCC)C(O)Cc1ccc(F)c(Cl)c1. The van der Waals surface area contributed by atoms with E-state index in [9.17, 15) is 9.50 Å². The van der Waals surface area contributed by atoms with Gasteiger partial charge in [-0.2, -0.15) is 0 Å². The maximum atomic E-state index is 13.0. The zero-order chi connectivity index (χ0) is 13.5. The van der Waals surface area contributed by atoms with Gasteiger partial charge in [0, 0.05) is 0 Å². The van der Waals surface area contributed by atoms with Crippen molar-refractivity contribution in [1.29, 1.82) is 0 Å². The van der Waals surface area contributed by atoms with Crippen molar-refractivity contribution < 1.29 is 9.50 Å². The van der Waals surface area contributed by atoms with Crippen molar-refractivity contribution in [2.45, 2.75) is 52.1 Å². The first-order valence-corrected chi connectivity index (χ1v) is 7.08. The smallest absolute Gasteiger partial charge is 0.141 e. The lowest BCUT2D eigenvalue weighted by atomic mass is 9.89. The average Bonchev–Trinajstić information content (AvgIpc) is 2.33. The van der Waals surface area contributed by atoms with Crippen molar-refractivity contribution >= 4 is 11.6 Å². The fraction of sp³-hybridized carbons (Fsp3) is 0.600. The van der Waals surface area contributed by atoms with Crippen LogP contribution in [0.2, 0.25) is 5.02 Å². The van der Waals surface area contributed by atoms with Crippen molar-refractivity contribution in [2.24, 2.45) is 5.92 Å². The molecular weight excluding hydrogens is 251 g/mol. The Kier molecular flexibility index (Phi) is 6.66. The van der Waals surface area contributed by atoms with Gasteiger partial charge in [-0.05, 0) is 42.9 Å². The van der Waals surface area contributed by atoms with Gasteiger partial charge in [-0.25, -0.2) is 4.39 Å². The summed E-state index contributed by atoms with van der Waals surface area (Å²) >= 11 is 5.74. The zero-order valence-electron chi connectivity index (χ0n) is 11.1. The zero-order valence-corrected chi connectivity index (χ0v) is 11.9. The number of aliphatic hydroxyl groups is 1. The monoisotopic (exact) mass is 272 g/mol. The van der Waals surface area contributed by atoms with Crippen LogP contribution in [-0.4, -0.2) is 11.2 Å². The Hall–Kier alpha value is -0.600. The van der Waals surface area contributed by atoms with Gasteiger partial charge in [0.2, 0.25) is 0 Å². The first-order chi connectivity index (χ1) is 8.58. The summed E-state index contributed by atoms with van der Waals surface area (Å²) in [4.78, 5) is 0. The highest BCUT2D eigenvalue weighted by Gasteiger charge is 2.18. The van der Waals surface area contributed by atoms with Crippen LogP contribution in [0.25, 0.3) is 0 Å². The van der Waals surface area contributed by atoms with E-state index in [1.807, 2.05) is 0 Å². The summed E-state index contributed by atoms with van der Waals surface area (Å²) in [5.41, 5.74) is 0.895. The minimum Gasteiger partial charge on any atom is -0.392 e. The quantitative estimate of drug-likeness (QED) is 0.769. The number of hydrogen-bond donors (Lipinski definition) is 1. The van der Waals surface area contributed by atoms with E-state index in [4.69, 9.17) is 11.6 Å². The van der Waals surface area contributed by atoms with Crippen LogP contribution in [0.4, 0.5) is 4.39 Å². The molecule has 0 bridgehead atoms. The van der Waals surface area contributed by atoms with Crippen LogP contribution in [0, 0.1) is 11.7 Å². The Morgan fingerprint density at radius 2 is 1.83 bits per heavy atom. The predicted octanol–water partition coefficient (Wildman–Crippen LogP) is 4.60. The average molecular weight is 273 g/mol. The molecule has 0 fully saturated rings. The Labute approximate surface area is 114 Å². The van der Waals surface area contributed by atoms with Crippen molar-refractivity contribution in [3.05, 3.63) is 34.6 Å². The van der Waals surface area contributed by atoms with Gasteiger partial charge in [0.25, 0.3) is 0 Å². The van der Waals surface area contributed by atoms with E-state index in [-0.39, 0.29) is 11.1 Å². The van der Waals surface area contributed by atoms with Gasteiger partial charge in [-0.3, -0.25) is 0 Å². The Balaban J connectivity index is 2.66. The van der Waals surface area contributed by atoms with Crippen LogP contribution in [0.5, 0.6) is 0 Å². The molecule has 0 saturated heterocycles. The molecule has 1 atom stereocenters. The van der Waals surface area contributed by atoms with Crippen molar-refractivity contribution in [3.63, 3.8) is 0 Å². The number of aliphatic hydroxyl groups excluding tert-OH is 1. The first-order valence-electron chi connectivity index (χ1n) is 6.70. The standard InChI is InChI=1S/C15H22ClFO/c1-3-5-12(6-4-2)15(18)10-11-7-8-14(17)13(16)9-11/h7-9,12,15,18H,3-6,10H2,1-2H3. The van der Waals surface area contributed by atoms with Crippen LogP contribution in [-0.2, 0) is 6.42 Å². The normalized spacial score (nSPS) is 13.0. The molecule has 1 aromatic rings. The molecule has 0 aliphatic carbocycles. The molecule has 1 aromatic carbocycles. The Bertz CT molecular complexity index is 362. The predicted molar refractivity (Wildman–Crippen MR) is 74.4 cm³/mol. The highest BCUT2D eigenvalue weighted by atomic mass is 35.5. The number of halogens is 2. The van der Waals surface area contributed by atoms with Crippen molar-refractivity contribution in [2.75, 3.05) is 0 Å². The molecule has 0 saturated carbocycles. The highest BCUT2D eigenvalue weighted by molar-refractivity contribution is 6.30. The first kappa shape index (κ1) is 15.5. The van der Waals surface area contributed by atoms with Crippen LogP contribution in [0.15, 0.2) is 18.2 Å². The van der Waals surface area contributed by atoms with Crippen molar-refractivity contribution in [3.8, 4) is 0 Å². The van der Waals surface area contributed by atoms with E-state index in [0.29, 0.717) is 12.3 Å². The molecule has 1 unspecified atom stereocenters. The molecule has 3 heteroatoms. The molecule has 0 amide bonds. The molecule has 0 aromatic heterocycles. The Morgan fingerprint density at radius 1 is 1.22 bits per heavy atom. The number of rotatable bonds is 7. The molecule has 1 N–H and O–H groups in total. The maximum Gasteiger partial charge on any atom is 0.141 e. The fourth-order valence-corrected chi connectivity index (χ4v) is 2.55. The van der Waals surface area contributed by atoms with Crippen LogP contribution >= 0.6 is 11.6 Å². The molecular formula is C15H22ClFO. The molecule has 0 aliphatic heterocycles. The summed E-state index contributed by atoms with van der Waals surface area (Å²) < 4.78 is 13.0. The lowest BCUT2D eigenvalue weighted by molar-refractivity contribution is 0.0963. The topological polar surface area (TPSA) is 20.2 Å². The molecule has 0 aliphatic rings. The molecule has 1 nitrogen and oxygen atoms in total. The van der Waals surface area contributed by atoms with E-state index >= 15 is 0 Å². The third-order valence-electron chi connectivity index (χ3n) is 3.29. The second-order valence-electron chi connectivity index (χ2n) is 4.86. The summed E-state index contributed by atoms with van der Waals surface area (Å²) in [7, 11) is 0. The second-order valence-corrected chi connectivity index (χ2v) is 5.26. The van der Waals surface area contributed by atoms with Gasteiger partial charge in [-0.15, -0.1) is 0 Å². The molecule has 0 radical (unpaired) electrons. The van der Waals surface area contributed by atoms with E-state index in [1.165, 1.54) is 6.07 Å². The molecule has 1 rings (SSSR count). The van der Waals surface area contributed by atoms with Gasteiger partial charge in [-0.1, -0.05) is 44.4 Å². The number of hydrogen-bond acceptors (Lipinski definition) is 1. The fourth-order valence-electron chi connectivity index (χ4n) is 2.35. The molecule has 102 valence electrons. The van der Waals surface area contributed by atoms with Crippen LogP contribution in [0.1, 0.15) is 45.1 Å². The van der Waals surface area contributed by atoms with Gasteiger partial charge >= 0.3 is 0 Å². The minimum atomic E-state index is -0.409. The summed E-state index contributed by atoms with van der Waals surface area (Å²) in [5, 5.41) is 10.4. The second kappa shape index (κ2) is 7.75. The van der Waals surface area contributed by atoms with Gasteiger partial charge in [0.1, 0.15) is 5.82 Å². The van der Waals surface area contributed by atoms with Crippen LogP contribution < -0.4 is 0 Å². The summed E-state index contributed by atoms with van der Waals surface area (Å²) in [6.45, 7) is 4.26. The Morgan fingerprint density at radius 3 is 2.33 bits per heavy atom. The van der Waals surface area contributed by atoms with Gasteiger partial charge < -0.3 is 5.11 Å². The third kappa shape index (κ3) is 4.58. The van der Waals surface area contributed by atoms with E-state index in [2.05, 4.69) is 13.8 Å². The van der Waals surface area contributed by atoms with Gasteiger partial charge in [0.05, 0.1) is 11.1 Å². The van der Waals surface area contributed by atoms with E-state index in [0.717, 1.165) is 31.2 Å². The van der Waals surface area contributed by atoms with Crippen LogP contribution in [0.3, 0.4) is 0 Å². The number of benzene rings is 1. The van der Waals surface area contributed by atoms with Crippen molar-refractivity contribution in [1.82, 2.24) is 0 Å². The molecule has 18 heavy (non-hydrogen) atoms. The molecule has 0 heterocycles. The molecule has 0 spiro atoms. The van der Waals surface area contributed by atoms with E-state index < -0.39 is 5.82 Å². The lowest BCUT2D eigenvalue weighted by Gasteiger charge is -2.22. The third-order valence-corrected chi connectivity index (χ3v) is 3.58. The highest BCUT2D eigenvalue weighted by Crippen LogP contribution is 2.23. The van der Waals surface area contributed by atoms with E-state index in [1.54, 1.807) is 12.1 Å². The van der Waals surface area contributed by atoms with Gasteiger partial charge in [0.15, 0.2) is 0 Å². The maximum absolute atomic E-state index is 13.0. The summed E-state index contributed by atoms with van der Waals surface area (Å²) in [6, 6.07) is 4.66. The lowest BCUT2D eigenvalue weighted by Crippen LogP contribution is -2.22. The largest absolute Gasteiger partial charge is 0.392 e.